The largest absolute Gasteiger partial charge is 0.394 e. The Bertz CT molecular complexity index is 1450. The van der Waals surface area contributed by atoms with Crippen LogP contribution < -0.4 is 9.80 Å². The van der Waals surface area contributed by atoms with E-state index in [4.69, 9.17) is 16.3 Å². The lowest BCUT2D eigenvalue weighted by Gasteiger charge is -2.40. The summed E-state index contributed by atoms with van der Waals surface area (Å²) in [4.78, 5) is 49.3. The van der Waals surface area contributed by atoms with Gasteiger partial charge < -0.3 is 24.5 Å². The van der Waals surface area contributed by atoms with E-state index in [1.807, 2.05) is 58.0 Å². The molecule has 2 bridgehead atoms. The Balaban J connectivity index is 1.67. The van der Waals surface area contributed by atoms with Crippen LogP contribution in [0.4, 0.5) is 11.4 Å². The first-order valence-electron chi connectivity index (χ1n) is 15.7. The summed E-state index contributed by atoms with van der Waals surface area (Å²) >= 11 is 6.18. The summed E-state index contributed by atoms with van der Waals surface area (Å²) in [7, 11) is 0. The molecule has 2 aromatic carbocycles. The second-order valence-electron chi connectivity index (χ2n) is 13.2. The van der Waals surface area contributed by atoms with Gasteiger partial charge in [-0.15, -0.1) is 13.2 Å². The molecule has 3 unspecified atom stereocenters. The van der Waals surface area contributed by atoms with Crippen LogP contribution in [0, 0.1) is 23.7 Å². The van der Waals surface area contributed by atoms with Gasteiger partial charge in [0.05, 0.1) is 30.1 Å². The average Bonchev–Trinajstić information content (AvgIpc) is 3.54. The van der Waals surface area contributed by atoms with Gasteiger partial charge in [-0.25, -0.2) is 0 Å². The first kappa shape index (κ1) is 32.9. The van der Waals surface area contributed by atoms with Gasteiger partial charge in [0.2, 0.25) is 11.8 Å². The average molecular weight is 634 g/mol. The first-order valence-corrected chi connectivity index (χ1v) is 16.1. The monoisotopic (exact) mass is 633 g/mol. The Hall–Kier alpha value is -3.46. The van der Waals surface area contributed by atoms with Crippen molar-refractivity contribution in [3.63, 3.8) is 0 Å². The van der Waals surface area contributed by atoms with E-state index in [0.717, 1.165) is 0 Å². The lowest BCUT2D eigenvalue weighted by Crippen LogP contribution is -2.59. The van der Waals surface area contributed by atoms with Gasteiger partial charge in [0.25, 0.3) is 5.91 Å². The minimum atomic E-state index is -1.27. The van der Waals surface area contributed by atoms with Crippen LogP contribution in [0.2, 0.25) is 5.02 Å². The number of nitrogens with zero attached hydrogens (tertiary/aromatic N) is 3. The molecule has 240 valence electrons. The minimum Gasteiger partial charge on any atom is -0.394 e. The van der Waals surface area contributed by atoms with E-state index in [-0.39, 0.29) is 49.3 Å². The van der Waals surface area contributed by atoms with Crippen molar-refractivity contribution in [3.05, 3.63) is 84.9 Å². The van der Waals surface area contributed by atoms with Crippen LogP contribution in [-0.4, -0.2) is 70.7 Å². The van der Waals surface area contributed by atoms with E-state index in [9.17, 15) is 19.5 Å². The Morgan fingerprint density at radius 3 is 2.18 bits per heavy atom. The molecule has 1 N–H and O–H groups in total. The number of aliphatic hydroxyl groups is 1. The maximum absolute atomic E-state index is 14.9. The number of fused-ring (bicyclic) bond motifs is 1. The quantitative estimate of drug-likeness (QED) is 0.312. The summed E-state index contributed by atoms with van der Waals surface area (Å²) in [6.45, 7) is 15.8. The maximum Gasteiger partial charge on any atom is 0.253 e. The molecule has 9 heteroatoms. The van der Waals surface area contributed by atoms with Gasteiger partial charge in [-0.1, -0.05) is 62.7 Å². The highest BCUT2D eigenvalue weighted by atomic mass is 35.5. The van der Waals surface area contributed by atoms with E-state index in [1.165, 1.54) is 0 Å². The standard InChI is InChI=1S/C36H44ClN3O5/c1-7-18-38(26-12-10-9-11-13-26)32(42)29-30-33(43)40(28(22-41)20-23(3)4)31(36(30)21-24(5)35(29,6)45-36)34(44)39(19-8-2)27-16-14-25(37)15-17-27/h7-17,23-24,28-31,41H,1-2,18-22H2,3-6H3/t24?,28-,29-,30+,31?,35+,36?/m1/s1. The van der Waals surface area contributed by atoms with E-state index < -0.39 is 35.1 Å². The summed E-state index contributed by atoms with van der Waals surface area (Å²) in [6, 6.07) is 14.6. The molecule has 0 aliphatic carbocycles. The highest BCUT2D eigenvalue weighted by molar-refractivity contribution is 6.30. The molecule has 1 spiro atoms. The number of benzene rings is 2. The lowest BCUT2D eigenvalue weighted by atomic mass is 9.62. The van der Waals surface area contributed by atoms with E-state index in [0.29, 0.717) is 29.2 Å². The number of hydrogen-bond donors (Lipinski definition) is 1. The second-order valence-corrected chi connectivity index (χ2v) is 13.6. The minimum absolute atomic E-state index is 0.131. The topological polar surface area (TPSA) is 90.4 Å². The van der Waals surface area contributed by atoms with Gasteiger partial charge in [0, 0.05) is 29.5 Å². The fourth-order valence-corrected chi connectivity index (χ4v) is 8.12. The third kappa shape index (κ3) is 5.41. The summed E-state index contributed by atoms with van der Waals surface area (Å²) in [5.74, 6) is -2.67. The second kappa shape index (κ2) is 12.7. The molecule has 8 nitrogen and oxygen atoms in total. The smallest absolute Gasteiger partial charge is 0.253 e. The van der Waals surface area contributed by atoms with Crippen LogP contribution in [0.3, 0.4) is 0 Å². The number of hydrogen-bond acceptors (Lipinski definition) is 5. The number of likely N-dealkylation sites (tertiary alicyclic amines) is 1. The zero-order valence-electron chi connectivity index (χ0n) is 26.6. The number of anilines is 2. The Morgan fingerprint density at radius 2 is 1.62 bits per heavy atom. The van der Waals surface area contributed by atoms with Gasteiger partial charge in [-0.2, -0.15) is 0 Å². The number of amides is 3. The first-order chi connectivity index (χ1) is 21.4. The molecular formula is C36H44ClN3O5. The highest BCUT2D eigenvalue weighted by Crippen LogP contribution is 2.66. The van der Waals surface area contributed by atoms with Gasteiger partial charge in [0.1, 0.15) is 11.6 Å². The number of ether oxygens (including phenoxy) is 1. The van der Waals surface area contributed by atoms with E-state index in [2.05, 4.69) is 13.2 Å². The Labute approximate surface area is 271 Å². The van der Waals surface area contributed by atoms with E-state index in [1.54, 1.807) is 51.1 Å². The highest BCUT2D eigenvalue weighted by Gasteiger charge is 2.80. The summed E-state index contributed by atoms with van der Waals surface area (Å²) < 4.78 is 6.99. The van der Waals surface area contributed by atoms with Gasteiger partial charge in [0.15, 0.2) is 0 Å². The molecule has 3 amide bonds. The number of aliphatic hydroxyl groups excluding tert-OH is 1. The number of carbonyl (C=O) groups is 3. The van der Waals surface area contributed by atoms with Crippen molar-refractivity contribution in [3.8, 4) is 0 Å². The molecule has 3 aliphatic rings. The van der Waals surface area contributed by atoms with Crippen LogP contribution in [0.15, 0.2) is 79.9 Å². The van der Waals surface area contributed by atoms with Crippen LogP contribution in [0.1, 0.15) is 40.5 Å². The summed E-state index contributed by atoms with van der Waals surface area (Å²) in [5.41, 5.74) is -0.970. The molecule has 3 aliphatic heterocycles. The SMILES string of the molecule is C=CCN(C(=O)C1N([C@@H](CO)CC(C)C)C(=O)[C@@H]2[C@H](C(=O)N(CC=C)c3ccccc3)[C@@]3(C)OC12CC3C)c1ccc(Cl)cc1. The molecule has 5 rings (SSSR count). The third-order valence-corrected chi connectivity index (χ3v) is 10.2. The number of halogens is 1. The molecule has 3 fully saturated rings. The van der Waals surface area contributed by atoms with Crippen molar-refractivity contribution < 1.29 is 24.2 Å². The molecular weight excluding hydrogens is 590 g/mol. The van der Waals surface area contributed by atoms with Gasteiger partial charge >= 0.3 is 0 Å². The molecule has 0 radical (unpaired) electrons. The van der Waals surface area contributed by atoms with Crippen molar-refractivity contribution in [1.82, 2.24) is 4.90 Å². The Kier molecular flexibility index (Phi) is 9.32. The van der Waals surface area contributed by atoms with E-state index >= 15 is 0 Å². The molecule has 0 saturated carbocycles. The molecule has 3 heterocycles. The van der Waals surface area contributed by atoms with Crippen molar-refractivity contribution >= 4 is 40.7 Å². The van der Waals surface area contributed by atoms with Crippen LogP contribution >= 0.6 is 11.6 Å². The normalized spacial score (nSPS) is 29.0. The molecule has 45 heavy (non-hydrogen) atoms. The number of rotatable bonds is 12. The van der Waals surface area contributed by atoms with Crippen molar-refractivity contribution in [2.75, 3.05) is 29.5 Å². The zero-order valence-corrected chi connectivity index (χ0v) is 27.3. The van der Waals surface area contributed by atoms with Crippen LogP contribution in [0.25, 0.3) is 0 Å². The van der Waals surface area contributed by atoms with Crippen molar-refractivity contribution in [2.45, 2.75) is 63.8 Å². The third-order valence-electron chi connectivity index (χ3n) is 9.96. The lowest BCUT2D eigenvalue weighted by molar-refractivity contribution is -0.149. The molecule has 7 atom stereocenters. The summed E-state index contributed by atoms with van der Waals surface area (Å²) in [6.07, 6.45) is 4.21. The van der Waals surface area contributed by atoms with Crippen LogP contribution in [-0.2, 0) is 19.1 Å². The van der Waals surface area contributed by atoms with Crippen molar-refractivity contribution in [2.24, 2.45) is 23.7 Å². The fraction of sp³-hybridized carbons (Fsp3) is 0.472. The van der Waals surface area contributed by atoms with Crippen LogP contribution in [0.5, 0.6) is 0 Å². The number of para-hydroxylation sites is 1. The predicted molar refractivity (Wildman–Crippen MR) is 177 cm³/mol. The summed E-state index contributed by atoms with van der Waals surface area (Å²) in [5, 5.41) is 11.2. The van der Waals surface area contributed by atoms with Crippen molar-refractivity contribution in [1.29, 1.82) is 0 Å². The van der Waals surface area contributed by atoms with Gasteiger partial charge in [-0.05, 0) is 68.0 Å². The number of carbonyl (C=O) groups excluding carboxylic acids is 3. The predicted octanol–water partition coefficient (Wildman–Crippen LogP) is 5.50. The molecule has 3 saturated heterocycles. The maximum atomic E-state index is 14.9. The molecule has 0 aromatic heterocycles. The fourth-order valence-electron chi connectivity index (χ4n) is 7.99. The molecule has 2 aromatic rings. The Morgan fingerprint density at radius 1 is 1.04 bits per heavy atom. The zero-order chi connectivity index (χ0) is 32.7. The van der Waals surface area contributed by atoms with Gasteiger partial charge in [-0.3, -0.25) is 14.4 Å².